The van der Waals surface area contributed by atoms with Crippen LogP contribution < -0.4 is 0 Å². The second kappa shape index (κ2) is 6.98. The summed E-state index contributed by atoms with van der Waals surface area (Å²) >= 11 is 0. The summed E-state index contributed by atoms with van der Waals surface area (Å²) in [6, 6.07) is 3.82. The zero-order valence-electron chi connectivity index (χ0n) is 10.3. The van der Waals surface area contributed by atoms with E-state index < -0.39 is 5.97 Å². The number of hydrogen-bond acceptors (Lipinski definition) is 4. The fourth-order valence-corrected chi connectivity index (χ4v) is 1.50. The summed E-state index contributed by atoms with van der Waals surface area (Å²) in [5, 5.41) is 8.86. The van der Waals surface area contributed by atoms with Gasteiger partial charge in [0.15, 0.2) is 0 Å². The minimum absolute atomic E-state index is 0.0583. The van der Waals surface area contributed by atoms with E-state index in [0.29, 0.717) is 6.54 Å². The molecule has 1 rings (SSSR count). The molecule has 1 aromatic rings. The van der Waals surface area contributed by atoms with Crippen molar-refractivity contribution in [1.82, 2.24) is 14.8 Å². The lowest BCUT2D eigenvalue weighted by Gasteiger charge is -2.22. The zero-order chi connectivity index (χ0) is 12.7. The van der Waals surface area contributed by atoms with Crippen LogP contribution in [0.1, 0.15) is 5.56 Å². The maximum absolute atomic E-state index is 10.8. The summed E-state index contributed by atoms with van der Waals surface area (Å²) < 4.78 is 0. The first kappa shape index (κ1) is 13.6. The van der Waals surface area contributed by atoms with E-state index in [4.69, 9.17) is 5.11 Å². The summed E-state index contributed by atoms with van der Waals surface area (Å²) in [5.74, 6) is -0.798. The van der Waals surface area contributed by atoms with E-state index in [-0.39, 0.29) is 6.54 Å². The molecule has 1 heterocycles. The SMILES string of the molecule is CN(C)CCN(CC(=O)O)Cc1cccnc1. The number of aliphatic carboxylic acids is 1. The molecule has 0 spiro atoms. The first-order valence-corrected chi connectivity index (χ1v) is 5.55. The molecular formula is C12H19N3O2. The Labute approximate surface area is 102 Å². The number of pyridine rings is 1. The zero-order valence-corrected chi connectivity index (χ0v) is 10.3. The molecule has 17 heavy (non-hydrogen) atoms. The van der Waals surface area contributed by atoms with Gasteiger partial charge < -0.3 is 10.0 Å². The maximum Gasteiger partial charge on any atom is 0.317 e. The average molecular weight is 237 g/mol. The number of hydrogen-bond donors (Lipinski definition) is 1. The van der Waals surface area contributed by atoms with Crippen LogP contribution in [0, 0.1) is 0 Å². The Bertz CT molecular complexity index is 341. The third kappa shape index (κ3) is 5.99. The van der Waals surface area contributed by atoms with Gasteiger partial charge in [0.25, 0.3) is 0 Å². The van der Waals surface area contributed by atoms with E-state index in [1.165, 1.54) is 0 Å². The van der Waals surface area contributed by atoms with E-state index in [0.717, 1.165) is 18.7 Å². The van der Waals surface area contributed by atoms with Crippen molar-refractivity contribution in [2.75, 3.05) is 33.7 Å². The highest BCUT2D eigenvalue weighted by Gasteiger charge is 2.10. The van der Waals surface area contributed by atoms with Crippen LogP contribution in [0.5, 0.6) is 0 Å². The molecule has 0 bridgehead atoms. The minimum atomic E-state index is -0.798. The molecule has 94 valence electrons. The van der Waals surface area contributed by atoms with Crippen molar-refractivity contribution in [3.8, 4) is 0 Å². The third-order valence-electron chi connectivity index (χ3n) is 2.35. The van der Waals surface area contributed by atoms with E-state index in [1.54, 1.807) is 12.4 Å². The highest BCUT2D eigenvalue weighted by Crippen LogP contribution is 2.02. The Hall–Kier alpha value is -1.46. The Morgan fingerprint density at radius 1 is 1.41 bits per heavy atom. The van der Waals surface area contributed by atoms with Crippen LogP contribution in [0.25, 0.3) is 0 Å². The molecule has 0 aliphatic carbocycles. The molecule has 0 aliphatic heterocycles. The van der Waals surface area contributed by atoms with E-state index in [1.807, 2.05) is 36.0 Å². The molecule has 0 aliphatic rings. The van der Waals surface area contributed by atoms with Gasteiger partial charge in [0.05, 0.1) is 6.54 Å². The first-order valence-electron chi connectivity index (χ1n) is 5.55. The van der Waals surface area contributed by atoms with Gasteiger partial charge in [-0.15, -0.1) is 0 Å². The van der Waals surface area contributed by atoms with E-state index in [2.05, 4.69) is 4.98 Å². The second-order valence-electron chi connectivity index (χ2n) is 4.27. The largest absolute Gasteiger partial charge is 0.480 e. The molecule has 0 fully saturated rings. The number of likely N-dealkylation sites (N-methyl/N-ethyl adjacent to an activating group) is 1. The normalized spacial score (nSPS) is 11.1. The highest BCUT2D eigenvalue weighted by atomic mass is 16.4. The van der Waals surface area contributed by atoms with Crippen LogP contribution in [0.15, 0.2) is 24.5 Å². The molecule has 0 aromatic carbocycles. The predicted molar refractivity (Wildman–Crippen MR) is 65.7 cm³/mol. The van der Waals surface area contributed by atoms with E-state index >= 15 is 0 Å². The van der Waals surface area contributed by atoms with Crippen LogP contribution in [0.4, 0.5) is 0 Å². The molecule has 5 heteroatoms. The van der Waals surface area contributed by atoms with Crippen molar-refractivity contribution >= 4 is 5.97 Å². The van der Waals surface area contributed by atoms with Gasteiger partial charge in [-0.1, -0.05) is 6.07 Å². The van der Waals surface area contributed by atoms with Crippen molar-refractivity contribution in [3.05, 3.63) is 30.1 Å². The van der Waals surface area contributed by atoms with Crippen molar-refractivity contribution < 1.29 is 9.90 Å². The standard InChI is InChI=1S/C12H19N3O2/c1-14(2)6-7-15(10-12(16)17)9-11-4-3-5-13-8-11/h3-5,8H,6-7,9-10H2,1-2H3,(H,16,17). The van der Waals surface area contributed by atoms with Crippen molar-refractivity contribution in [1.29, 1.82) is 0 Å². The molecule has 0 saturated carbocycles. The number of carboxylic acids is 1. The van der Waals surface area contributed by atoms with Gasteiger partial charge in [0.1, 0.15) is 0 Å². The van der Waals surface area contributed by atoms with Crippen LogP contribution in [0.3, 0.4) is 0 Å². The average Bonchev–Trinajstić information content (AvgIpc) is 2.26. The molecule has 0 unspecified atom stereocenters. The van der Waals surface area contributed by atoms with Gasteiger partial charge in [0.2, 0.25) is 0 Å². The molecule has 5 nitrogen and oxygen atoms in total. The number of carboxylic acid groups (broad SMARTS) is 1. The number of carbonyl (C=O) groups is 1. The molecule has 1 aromatic heterocycles. The van der Waals surface area contributed by atoms with Gasteiger partial charge >= 0.3 is 5.97 Å². The molecule has 0 amide bonds. The summed E-state index contributed by atoms with van der Waals surface area (Å²) in [6.07, 6.45) is 3.48. The number of nitrogens with zero attached hydrogens (tertiary/aromatic N) is 3. The molecule has 0 radical (unpaired) electrons. The molecular weight excluding hydrogens is 218 g/mol. The summed E-state index contributed by atoms with van der Waals surface area (Å²) in [7, 11) is 3.95. The summed E-state index contributed by atoms with van der Waals surface area (Å²) in [6.45, 7) is 2.25. The lowest BCUT2D eigenvalue weighted by molar-refractivity contribution is -0.138. The topological polar surface area (TPSA) is 56.7 Å². The van der Waals surface area contributed by atoms with E-state index in [9.17, 15) is 4.79 Å². The second-order valence-corrected chi connectivity index (χ2v) is 4.27. The van der Waals surface area contributed by atoms with Crippen LogP contribution in [-0.4, -0.2) is 59.6 Å². The lowest BCUT2D eigenvalue weighted by atomic mass is 10.2. The van der Waals surface area contributed by atoms with Gasteiger partial charge in [-0.2, -0.15) is 0 Å². The van der Waals surface area contributed by atoms with Gasteiger partial charge in [0, 0.05) is 32.0 Å². The molecule has 0 atom stereocenters. The monoisotopic (exact) mass is 237 g/mol. The van der Waals surface area contributed by atoms with Crippen molar-refractivity contribution in [2.24, 2.45) is 0 Å². The molecule has 1 N–H and O–H groups in total. The number of rotatable bonds is 7. The summed E-state index contributed by atoms with van der Waals surface area (Å²) in [5.41, 5.74) is 1.03. The Balaban J connectivity index is 2.54. The Morgan fingerprint density at radius 3 is 2.71 bits per heavy atom. The first-order chi connectivity index (χ1) is 8.08. The van der Waals surface area contributed by atoms with Gasteiger partial charge in [-0.05, 0) is 25.7 Å². The van der Waals surface area contributed by atoms with Gasteiger partial charge in [-0.3, -0.25) is 14.7 Å². The van der Waals surface area contributed by atoms with Crippen molar-refractivity contribution in [3.63, 3.8) is 0 Å². The fourth-order valence-electron chi connectivity index (χ4n) is 1.50. The molecule has 0 saturated heterocycles. The summed E-state index contributed by atoms with van der Waals surface area (Å²) in [4.78, 5) is 18.7. The van der Waals surface area contributed by atoms with Crippen LogP contribution in [-0.2, 0) is 11.3 Å². The van der Waals surface area contributed by atoms with Crippen molar-refractivity contribution in [2.45, 2.75) is 6.54 Å². The maximum atomic E-state index is 10.8. The fraction of sp³-hybridized carbons (Fsp3) is 0.500. The smallest absolute Gasteiger partial charge is 0.317 e. The van der Waals surface area contributed by atoms with Crippen LogP contribution in [0.2, 0.25) is 0 Å². The highest BCUT2D eigenvalue weighted by molar-refractivity contribution is 5.69. The predicted octanol–water partition coefficient (Wildman–Crippen LogP) is 0.530. The van der Waals surface area contributed by atoms with Gasteiger partial charge in [-0.25, -0.2) is 0 Å². The third-order valence-corrected chi connectivity index (χ3v) is 2.35. The lowest BCUT2D eigenvalue weighted by Crippen LogP contribution is -2.35. The van der Waals surface area contributed by atoms with Crippen LogP contribution >= 0.6 is 0 Å². The number of aromatic nitrogens is 1. The minimum Gasteiger partial charge on any atom is -0.480 e. The Morgan fingerprint density at radius 2 is 2.18 bits per heavy atom. The quantitative estimate of drug-likeness (QED) is 0.749. The Kier molecular flexibility index (Phi) is 5.59.